The van der Waals surface area contributed by atoms with Crippen molar-refractivity contribution in [3.05, 3.63) is 33.4 Å². The van der Waals surface area contributed by atoms with E-state index in [9.17, 15) is 28.1 Å². The summed E-state index contributed by atoms with van der Waals surface area (Å²) in [7, 11) is 0. The number of halogens is 3. The van der Waals surface area contributed by atoms with E-state index in [-0.39, 0.29) is 23.6 Å². The number of benzene rings is 1. The lowest BCUT2D eigenvalue weighted by atomic mass is 9.96. The first-order chi connectivity index (χ1) is 11.2. The number of carbonyl (C=O) groups is 1. The molecule has 1 N–H and O–H groups in total. The predicted octanol–water partition coefficient (Wildman–Crippen LogP) is 5.16. The van der Waals surface area contributed by atoms with E-state index in [1.165, 1.54) is 0 Å². The molecule has 1 rings (SSSR count). The van der Waals surface area contributed by atoms with Gasteiger partial charge in [0.05, 0.1) is 10.5 Å². The molecule has 140 valence electrons. The number of carbonyl (C=O) groups excluding carboxylic acids is 1. The largest absolute Gasteiger partial charge is 0.444 e. The molecule has 0 fully saturated rings. The van der Waals surface area contributed by atoms with Gasteiger partial charge in [0.25, 0.3) is 5.69 Å². The molecule has 25 heavy (non-hydrogen) atoms. The third-order valence-electron chi connectivity index (χ3n) is 2.99. The molecule has 0 aliphatic carbocycles. The van der Waals surface area contributed by atoms with Crippen molar-refractivity contribution in [3.8, 4) is 0 Å². The lowest BCUT2D eigenvalue weighted by Gasteiger charge is -2.20. The normalized spacial score (nSPS) is 12.2. The number of alkyl halides is 3. The van der Waals surface area contributed by atoms with Crippen LogP contribution in [0.15, 0.2) is 12.1 Å². The maximum absolute atomic E-state index is 13.2. The van der Waals surface area contributed by atoms with Gasteiger partial charge in [-0.2, -0.15) is 13.2 Å². The lowest BCUT2D eigenvalue weighted by Crippen LogP contribution is -2.27. The van der Waals surface area contributed by atoms with Crippen LogP contribution < -0.4 is 5.32 Å². The lowest BCUT2D eigenvalue weighted by molar-refractivity contribution is -0.384. The number of amides is 1. The van der Waals surface area contributed by atoms with Gasteiger partial charge in [0, 0.05) is 6.07 Å². The maximum atomic E-state index is 13.2. The van der Waals surface area contributed by atoms with Crippen molar-refractivity contribution >= 4 is 17.5 Å². The Morgan fingerprint density at radius 3 is 2.24 bits per heavy atom. The summed E-state index contributed by atoms with van der Waals surface area (Å²) in [4.78, 5) is 22.0. The van der Waals surface area contributed by atoms with Crippen molar-refractivity contribution in [3.63, 3.8) is 0 Å². The Bertz CT molecular complexity index is 665. The average molecular weight is 362 g/mol. The SMILES string of the molecule is CC(C)Cc1cc(NC(=O)OC(C)(C)C)c([N+](=O)[O-])cc1C(F)(F)F. The molecule has 1 aromatic carbocycles. The molecule has 0 aliphatic heterocycles. The van der Waals surface area contributed by atoms with Crippen LogP contribution in [0.25, 0.3) is 0 Å². The number of anilines is 1. The molecule has 9 heteroatoms. The molecule has 0 saturated carbocycles. The monoisotopic (exact) mass is 362 g/mol. The second-order valence-corrected chi connectivity index (χ2v) is 7.01. The fraction of sp³-hybridized carbons (Fsp3) is 0.562. The summed E-state index contributed by atoms with van der Waals surface area (Å²) in [5.74, 6) is -0.114. The topological polar surface area (TPSA) is 81.5 Å². The predicted molar refractivity (Wildman–Crippen MR) is 86.5 cm³/mol. The molecule has 0 saturated heterocycles. The number of nitrogens with one attached hydrogen (secondary N) is 1. The van der Waals surface area contributed by atoms with E-state index in [1.54, 1.807) is 34.6 Å². The molecule has 0 radical (unpaired) electrons. The number of nitrogens with zero attached hydrogens (tertiary/aromatic N) is 1. The number of ether oxygens (including phenoxy) is 1. The van der Waals surface area contributed by atoms with Crippen molar-refractivity contribution in [1.29, 1.82) is 0 Å². The Hall–Kier alpha value is -2.32. The van der Waals surface area contributed by atoms with E-state index in [0.717, 1.165) is 6.07 Å². The van der Waals surface area contributed by atoms with E-state index < -0.39 is 34.0 Å². The minimum absolute atomic E-state index is 0.0514. The molecule has 0 aromatic heterocycles. The zero-order chi connectivity index (χ0) is 19.6. The van der Waals surface area contributed by atoms with Crippen LogP contribution >= 0.6 is 0 Å². The van der Waals surface area contributed by atoms with Gasteiger partial charge in [0.2, 0.25) is 0 Å². The molecule has 0 spiro atoms. The first kappa shape index (κ1) is 20.7. The highest BCUT2D eigenvalue weighted by atomic mass is 19.4. The summed E-state index contributed by atoms with van der Waals surface area (Å²) >= 11 is 0. The molecular weight excluding hydrogens is 341 g/mol. The van der Waals surface area contributed by atoms with Crippen LogP contribution in [0.2, 0.25) is 0 Å². The van der Waals surface area contributed by atoms with E-state index in [2.05, 4.69) is 5.32 Å². The highest BCUT2D eigenvalue weighted by Gasteiger charge is 2.36. The van der Waals surface area contributed by atoms with Crippen molar-refractivity contribution < 1.29 is 27.6 Å². The minimum atomic E-state index is -4.74. The van der Waals surface area contributed by atoms with Gasteiger partial charge in [-0.05, 0) is 44.7 Å². The van der Waals surface area contributed by atoms with Crippen LogP contribution in [0.3, 0.4) is 0 Å². The zero-order valence-electron chi connectivity index (χ0n) is 14.7. The first-order valence-electron chi connectivity index (χ1n) is 7.59. The van der Waals surface area contributed by atoms with Gasteiger partial charge < -0.3 is 4.74 Å². The number of nitro groups is 1. The van der Waals surface area contributed by atoms with E-state index in [4.69, 9.17) is 4.74 Å². The molecule has 6 nitrogen and oxygen atoms in total. The molecule has 1 amide bonds. The van der Waals surface area contributed by atoms with Gasteiger partial charge >= 0.3 is 12.3 Å². The average Bonchev–Trinajstić information content (AvgIpc) is 2.33. The Morgan fingerprint density at radius 2 is 1.84 bits per heavy atom. The number of rotatable bonds is 4. The summed E-state index contributed by atoms with van der Waals surface area (Å²) < 4.78 is 44.7. The number of hydrogen-bond acceptors (Lipinski definition) is 4. The van der Waals surface area contributed by atoms with Gasteiger partial charge in [0.15, 0.2) is 0 Å². The smallest absolute Gasteiger partial charge is 0.416 e. The van der Waals surface area contributed by atoms with Gasteiger partial charge in [-0.3, -0.25) is 15.4 Å². The Kier molecular flexibility index (Phi) is 6.04. The highest BCUT2D eigenvalue weighted by molar-refractivity contribution is 5.88. The van der Waals surface area contributed by atoms with Gasteiger partial charge in [0.1, 0.15) is 11.3 Å². The van der Waals surface area contributed by atoms with Crippen LogP contribution in [0.1, 0.15) is 45.7 Å². The third-order valence-corrected chi connectivity index (χ3v) is 2.99. The summed E-state index contributed by atoms with van der Waals surface area (Å²) in [5.41, 5.74) is -3.23. The van der Waals surface area contributed by atoms with Gasteiger partial charge in [-0.25, -0.2) is 4.79 Å². The van der Waals surface area contributed by atoms with Gasteiger partial charge in [-0.15, -0.1) is 0 Å². The summed E-state index contributed by atoms with van der Waals surface area (Å²) in [6.45, 7) is 8.23. The van der Waals surface area contributed by atoms with E-state index in [0.29, 0.717) is 6.07 Å². The molecule has 0 aliphatic rings. The minimum Gasteiger partial charge on any atom is -0.444 e. The number of nitro benzene ring substituents is 1. The molecule has 0 atom stereocenters. The maximum Gasteiger partial charge on any atom is 0.416 e. The van der Waals surface area contributed by atoms with Crippen molar-refractivity contribution in [2.45, 2.75) is 52.8 Å². The second-order valence-electron chi connectivity index (χ2n) is 7.01. The Morgan fingerprint density at radius 1 is 1.28 bits per heavy atom. The van der Waals surface area contributed by atoms with Crippen molar-refractivity contribution in [2.75, 3.05) is 5.32 Å². The third kappa shape index (κ3) is 6.24. The van der Waals surface area contributed by atoms with Gasteiger partial charge in [-0.1, -0.05) is 13.8 Å². The summed E-state index contributed by atoms with van der Waals surface area (Å²) in [5, 5.41) is 13.3. The van der Waals surface area contributed by atoms with Crippen LogP contribution in [-0.4, -0.2) is 16.6 Å². The van der Waals surface area contributed by atoms with Crippen LogP contribution in [0.4, 0.5) is 29.3 Å². The second kappa shape index (κ2) is 7.28. The zero-order valence-corrected chi connectivity index (χ0v) is 14.7. The molecule has 0 unspecified atom stereocenters. The summed E-state index contributed by atoms with van der Waals surface area (Å²) in [6.07, 6.45) is -5.67. The van der Waals surface area contributed by atoms with Crippen LogP contribution in [0.5, 0.6) is 0 Å². The molecular formula is C16H21F3N2O4. The Balaban J connectivity index is 3.40. The van der Waals surface area contributed by atoms with Crippen molar-refractivity contribution in [1.82, 2.24) is 0 Å². The van der Waals surface area contributed by atoms with Crippen LogP contribution in [0, 0.1) is 16.0 Å². The standard InChI is InChI=1S/C16H21F3N2O4/c1-9(2)6-10-7-12(20-14(22)25-15(3,4)5)13(21(23)24)8-11(10)16(17,18)19/h7-9H,6H2,1-5H3,(H,20,22). The van der Waals surface area contributed by atoms with E-state index in [1.807, 2.05) is 0 Å². The fourth-order valence-electron chi connectivity index (χ4n) is 2.17. The number of hydrogen-bond donors (Lipinski definition) is 1. The first-order valence-corrected chi connectivity index (χ1v) is 7.59. The quantitative estimate of drug-likeness (QED) is 0.592. The highest BCUT2D eigenvalue weighted by Crippen LogP contribution is 2.39. The summed E-state index contributed by atoms with van der Waals surface area (Å²) in [6, 6.07) is 1.44. The Labute approximate surface area is 143 Å². The van der Waals surface area contributed by atoms with Crippen molar-refractivity contribution in [2.24, 2.45) is 5.92 Å². The molecule has 1 aromatic rings. The van der Waals surface area contributed by atoms with Crippen LogP contribution in [-0.2, 0) is 17.3 Å². The molecule has 0 bridgehead atoms. The fourth-order valence-corrected chi connectivity index (χ4v) is 2.17. The van der Waals surface area contributed by atoms with E-state index >= 15 is 0 Å². The molecule has 0 heterocycles.